The van der Waals surface area contributed by atoms with Gasteiger partial charge in [0, 0.05) is 16.9 Å². The number of fused-ring (bicyclic) bond motifs is 1. The number of halogens is 1. The van der Waals surface area contributed by atoms with Crippen LogP contribution in [0, 0.1) is 5.82 Å². The van der Waals surface area contributed by atoms with Crippen molar-refractivity contribution in [3.05, 3.63) is 60.0 Å². The van der Waals surface area contributed by atoms with Crippen molar-refractivity contribution in [2.75, 3.05) is 0 Å². The Labute approximate surface area is 125 Å². The number of hydrogen-bond acceptors (Lipinski definition) is 1. The smallest absolute Gasteiger partial charge is 0.123 e. The van der Waals surface area contributed by atoms with E-state index in [1.54, 1.807) is 0 Å². The molecule has 1 heterocycles. The molecule has 1 aliphatic rings. The van der Waals surface area contributed by atoms with Crippen LogP contribution in [0.5, 0.6) is 0 Å². The number of pyridine rings is 1. The van der Waals surface area contributed by atoms with Gasteiger partial charge in [0.25, 0.3) is 0 Å². The van der Waals surface area contributed by atoms with Crippen molar-refractivity contribution in [2.24, 2.45) is 0 Å². The van der Waals surface area contributed by atoms with Gasteiger partial charge in [-0.25, -0.2) is 4.39 Å². The molecule has 1 aromatic heterocycles. The Hall–Kier alpha value is -1.79. The van der Waals surface area contributed by atoms with Gasteiger partial charge in [0.1, 0.15) is 5.82 Å². The lowest BCUT2D eigenvalue weighted by Crippen LogP contribution is -2.09. The standard InChI is InChI=1S/C18H15FNP/c19-13-9-7-11(8-10-13)16-14-3-1-2-4-15(14)20-17(18(16)21)12-5-6-12/h1-4,7-10,12H,5-6,21H2. The zero-order valence-electron chi connectivity index (χ0n) is 11.5. The summed E-state index contributed by atoms with van der Waals surface area (Å²) in [6.45, 7) is 0. The molecule has 1 saturated carbocycles. The summed E-state index contributed by atoms with van der Waals surface area (Å²) in [7, 11) is 2.85. The first-order valence-electron chi connectivity index (χ1n) is 7.18. The van der Waals surface area contributed by atoms with E-state index < -0.39 is 0 Å². The van der Waals surface area contributed by atoms with Crippen molar-refractivity contribution < 1.29 is 4.39 Å². The van der Waals surface area contributed by atoms with Gasteiger partial charge in [-0.15, -0.1) is 9.24 Å². The lowest BCUT2D eigenvalue weighted by atomic mass is 9.99. The van der Waals surface area contributed by atoms with Crippen molar-refractivity contribution in [1.82, 2.24) is 4.98 Å². The Kier molecular flexibility index (Phi) is 3.01. The molecule has 104 valence electrons. The molecule has 1 nitrogen and oxygen atoms in total. The van der Waals surface area contributed by atoms with Crippen molar-refractivity contribution >= 4 is 25.4 Å². The number of rotatable bonds is 2. The normalized spacial score (nSPS) is 14.6. The summed E-state index contributed by atoms with van der Waals surface area (Å²) in [5, 5.41) is 2.28. The van der Waals surface area contributed by atoms with Crippen LogP contribution in [0.25, 0.3) is 22.0 Å². The van der Waals surface area contributed by atoms with Crippen LogP contribution < -0.4 is 5.30 Å². The number of aromatic nitrogens is 1. The summed E-state index contributed by atoms with van der Waals surface area (Å²) < 4.78 is 13.2. The molecule has 2 aromatic carbocycles. The van der Waals surface area contributed by atoms with E-state index in [-0.39, 0.29) is 5.82 Å². The summed E-state index contributed by atoms with van der Waals surface area (Å²) in [5.41, 5.74) is 4.40. The highest BCUT2D eigenvalue weighted by Gasteiger charge is 2.28. The summed E-state index contributed by atoms with van der Waals surface area (Å²) in [5.74, 6) is 0.381. The zero-order chi connectivity index (χ0) is 14.4. The SMILES string of the molecule is Fc1ccc(-c2c(P)c(C3CC3)nc3ccccc23)cc1. The Morgan fingerprint density at radius 1 is 1.00 bits per heavy atom. The fourth-order valence-corrected chi connectivity index (χ4v) is 3.46. The van der Waals surface area contributed by atoms with E-state index in [4.69, 9.17) is 4.98 Å². The van der Waals surface area contributed by atoms with Crippen LogP contribution in [0.4, 0.5) is 4.39 Å². The van der Waals surface area contributed by atoms with Crippen LogP contribution in [0.2, 0.25) is 0 Å². The number of para-hydroxylation sites is 1. The van der Waals surface area contributed by atoms with Gasteiger partial charge >= 0.3 is 0 Å². The molecule has 4 rings (SSSR count). The van der Waals surface area contributed by atoms with Crippen LogP contribution in [-0.4, -0.2) is 4.98 Å². The maximum Gasteiger partial charge on any atom is 0.123 e. The first-order valence-corrected chi connectivity index (χ1v) is 7.76. The molecule has 0 spiro atoms. The molecule has 1 unspecified atom stereocenters. The first-order chi connectivity index (χ1) is 10.2. The lowest BCUT2D eigenvalue weighted by molar-refractivity contribution is 0.628. The summed E-state index contributed by atoms with van der Waals surface area (Å²) in [4.78, 5) is 4.85. The van der Waals surface area contributed by atoms with Crippen LogP contribution in [0.1, 0.15) is 24.5 Å². The Morgan fingerprint density at radius 2 is 1.71 bits per heavy atom. The Bertz CT molecular complexity index is 822. The van der Waals surface area contributed by atoms with Crippen molar-refractivity contribution in [3.63, 3.8) is 0 Å². The van der Waals surface area contributed by atoms with E-state index in [0.717, 1.165) is 27.3 Å². The van der Waals surface area contributed by atoms with E-state index in [1.165, 1.54) is 30.7 Å². The molecular formula is C18H15FNP. The second kappa shape index (κ2) is 4.89. The fourth-order valence-electron chi connectivity index (χ4n) is 2.84. The Morgan fingerprint density at radius 3 is 2.43 bits per heavy atom. The fraction of sp³-hybridized carbons (Fsp3) is 0.167. The van der Waals surface area contributed by atoms with E-state index in [2.05, 4.69) is 21.4 Å². The number of hydrogen-bond donors (Lipinski definition) is 0. The molecule has 0 bridgehead atoms. The first kappa shape index (κ1) is 12.9. The maximum atomic E-state index is 13.2. The average molecular weight is 295 g/mol. The third-order valence-electron chi connectivity index (χ3n) is 4.06. The molecule has 0 aliphatic heterocycles. The van der Waals surface area contributed by atoms with E-state index in [0.29, 0.717) is 5.92 Å². The van der Waals surface area contributed by atoms with Gasteiger partial charge in [-0.1, -0.05) is 30.3 Å². The molecule has 1 atom stereocenters. The van der Waals surface area contributed by atoms with Crippen LogP contribution in [0.3, 0.4) is 0 Å². The highest BCUT2D eigenvalue weighted by Crippen LogP contribution is 2.41. The van der Waals surface area contributed by atoms with Gasteiger partial charge in [0.2, 0.25) is 0 Å². The summed E-state index contributed by atoms with van der Waals surface area (Å²) in [6.07, 6.45) is 2.44. The molecule has 0 N–H and O–H groups in total. The minimum absolute atomic E-state index is 0.204. The van der Waals surface area contributed by atoms with Gasteiger partial charge < -0.3 is 0 Å². The molecular weight excluding hydrogens is 280 g/mol. The second-order valence-electron chi connectivity index (χ2n) is 5.58. The van der Waals surface area contributed by atoms with Gasteiger partial charge in [0.05, 0.1) is 11.2 Å². The largest absolute Gasteiger partial charge is 0.252 e. The minimum atomic E-state index is -0.204. The molecule has 1 aliphatic carbocycles. The topological polar surface area (TPSA) is 12.9 Å². The molecule has 0 radical (unpaired) electrons. The van der Waals surface area contributed by atoms with Crippen LogP contribution in [0.15, 0.2) is 48.5 Å². The number of nitrogens with zero attached hydrogens (tertiary/aromatic N) is 1. The third kappa shape index (κ3) is 2.24. The predicted octanol–water partition coefficient (Wildman–Crippen LogP) is 4.42. The van der Waals surface area contributed by atoms with E-state index in [9.17, 15) is 4.39 Å². The lowest BCUT2D eigenvalue weighted by Gasteiger charge is -2.14. The highest BCUT2D eigenvalue weighted by atomic mass is 31.0. The second-order valence-corrected chi connectivity index (χ2v) is 6.16. The van der Waals surface area contributed by atoms with Gasteiger partial charge in [-0.2, -0.15) is 0 Å². The van der Waals surface area contributed by atoms with E-state index in [1.807, 2.05) is 24.3 Å². The molecule has 3 aromatic rings. The van der Waals surface area contributed by atoms with Crippen molar-refractivity contribution in [3.8, 4) is 11.1 Å². The molecule has 1 fully saturated rings. The number of benzene rings is 2. The highest BCUT2D eigenvalue weighted by molar-refractivity contribution is 7.28. The quantitative estimate of drug-likeness (QED) is 0.638. The summed E-state index contributed by atoms with van der Waals surface area (Å²) in [6, 6.07) is 14.9. The monoisotopic (exact) mass is 295 g/mol. The average Bonchev–Trinajstić information content (AvgIpc) is 3.33. The van der Waals surface area contributed by atoms with Gasteiger partial charge in [-0.05, 0) is 41.9 Å². The third-order valence-corrected chi connectivity index (χ3v) is 4.64. The van der Waals surface area contributed by atoms with E-state index >= 15 is 0 Å². The molecule has 3 heteroatoms. The Balaban J connectivity index is 2.05. The minimum Gasteiger partial charge on any atom is -0.252 e. The molecule has 0 amide bonds. The predicted molar refractivity (Wildman–Crippen MR) is 88.5 cm³/mol. The molecule has 0 saturated heterocycles. The van der Waals surface area contributed by atoms with Crippen molar-refractivity contribution in [2.45, 2.75) is 18.8 Å². The zero-order valence-corrected chi connectivity index (χ0v) is 12.7. The molecule has 21 heavy (non-hydrogen) atoms. The van der Waals surface area contributed by atoms with Crippen molar-refractivity contribution in [1.29, 1.82) is 0 Å². The van der Waals surface area contributed by atoms with Gasteiger partial charge in [-0.3, -0.25) is 4.98 Å². The van der Waals surface area contributed by atoms with Crippen LogP contribution >= 0.6 is 9.24 Å². The maximum absolute atomic E-state index is 13.2. The summed E-state index contributed by atoms with van der Waals surface area (Å²) >= 11 is 0. The van der Waals surface area contributed by atoms with Crippen LogP contribution in [-0.2, 0) is 0 Å². The van der Waals surface area contributed by atoms with Gasteiger partial charge in [0.15, 0.2) is 0 Å².